The molecule has 8 heteroatoms. The SMILES string of the molecule is CCN(CC)C(=S)SCC(=O)Nc1cccc(S(C)(=O)=O)c1. The van der Waals surface area contributed by atoms with Crippen molar-refractivity contribution in [2.45, 2.75) is 18.7 Å². The fraction of sp³-hybridized carbons (Fsp3) is 0.429. The van der Waals surface area contributed by atoms with Crippen LogP contribution < -0.4 is 5.32 Å². The summed E-state index contributed by atoms with van der Waals surface area (Å²) in [5.74, 6) is -0.0246. The van der Waals surface area contributed by atoms with Gasteiger partial charge in [0.25, 0.3) is 0 Å². The Morgan fingerprint density at radius 2 is 1.95 bits per heavy atom. The maximum atomic E-state index is 11.9. The van der Waals surface area contributed by atoms with Crippen LogP contribution in [0.1, 0.15) is 13.8 Å². The van der Waals surface area contributed by atoms with E-state index in [2.05, 4.69) is 5.32 Å². The fourth-order valence-corrected chi connectivity index (χ4v) is 3.57. The second-order valence-electron chi connectivity index (χ2n) is 4.58. The second-order valence-corrected chi connectivity index (χ2v) is 8.20. The number of carbonyl (C=O) groups is 1. The van der Waals surface area contributed by atoms with Crippen LogP contribution in [0, 0.1) is 0 Å². The molecular weight excluding hydrogens is 340 g/mol. The third-order valence-corrected chi connectivity index (χ3v) is 5.53. The van der Waals surface area contributed by atoms with Crippen LogP contribution in [0.4, 0.5) is 5.69 Å². The number of hydrogen-bond donors (Lipinski definition) is 1. The summed E-state index contributed by atoms with van der Waals surface area (Å²) in [5, 5.41) is 2.68. The topological polar surface area (TPSA) is 66.5 Å². The molecule has 22 heavy (non-hydrogen) atoms. The van der Waals surface area contributed by atoms with Gasteiger partial charge in [0.2, 0.25) is 5.91 Å². The highest BCUT2D eigenvalue weighted by Crippen LogP contribution is 2.16. The lowest BCUT2D eigenvalue weighted by Gasteiger charge is -2.20. The van der Waals surface area contributed by atoms with E-state index < -0.39 is 9.84 Å². The van der Waals surface area contributed by atoms with Gasteiger partial charge in [0.15, 0.2) is 9.84 Å². The quantitative estimate of drug-likeness (QED) is 0.786. The van der Waals surface area contributed by atoms with Crippen molar-refractivity contribution in [3.63, 3.8) is 0 Å². The first kappa shape index (κ1) is 18.9. The van der Waals surface area contributed by atoms with E-state index in [4.69, 9.17) is 12.2 Å². The van der Waals surface area contributed by atoms with Crippen LogP contribution in [0.5, 0.6) is 0 Å². The van der Waals surface area contributed by atoms with E-state index in [-0.39, 0.29) is 16.6 Å². The molecule has 0 bridgehead atoms. The Hall–Kier alpha value is -1.12. The van der Waals surface area contributed by atoms with Gasteiger partial charge in [0.1, 0.15) is 4.32 Å². The Morgan fingerprint density at radius 1 is 1.32 bits per heavy atom. The number of thiocarbonyl (C=S) groups is 1. The van der Waals surface area contributed by atoms with Gasteiger partial charge < -0.3 is 10.2 Å². The Morgan fingerprint density at radius 3 is 2.50 bits per heavy atom. The molecule has 0 fully saturated rings. The minimum Gasteiger partial charge on any atom is -0.358 e. The summed E-state index contributed by atoms with van der Waals surface area (Å²) in [6.07, 6.45) is 1.13. The van der Waals surface area contributed by atoms with Crippen LogP contribution >= 0.6 is 24.0 Å². The fourth-order valence-electron chi connectivity index (χ4n) is 1.70. The molecule has 0 unspecified atom stereocenters. The molecule has 0 aliphatic carbocycles. The molecule has 0 saturated carbocycles. The maximum Gasteiger partial charge on any atom is 0.234 e. The van der Waals surface area contributed by atoms with E-state index in [1.54, 1.807) is 12.1 Å². The lowest BCUT2D eigenvalue weighted by atomic mass is 10.3. The van der Waals surface area contributed by atoms with Gasteiger partial charge in [0, 0.05) is 25.0 Å². The molecular formula is C14H20N2O3S3. The Labute approximate surface area is 141 Å². The average Bonchev–Trinajstić information content (AvgIpc) is 2.46. The molecule has 1 amide bonds. The maximum absolute atomic E-state index is 11.9. The van der Waals surface area contributed by atoms with Crippen LogP contribution in [-0.2, 0) is 14.6 Å². The zero-order valence-electron chi connectivity index (χ0n) is 12.8. The van der Waals surface area contributed by atoms with E-state index in [9.17, 15) is 13.2 Å². The molecule has 0 saturated heterocycles. The monoisotopic (exact) mass is 360 g/mol. The molecule has 1 rings (SSSR count). The molecule has 0 aromatic heterocycles. The van der Waals surface area contributed by atoms with Crippen molar-refractivity contribution in [3.05, 3.63) is 24.3 Å². The summed E-state index contributed by atoms with van der Waals surface area (Å²) < 4.78 is 23.7. The number of nitrogens with one attached hydrogen (secondary N) is 1. The Bertz CT molecular complexity index is 640. The van der Waals surface area contributed by atoms with Gasteiger partial charge in [-0.15, -0.1) is 0 Å². The molecule has 122 valence electrons. The van der Waals surface area contributed by atoms with Crippen molar-refractivity contribution in [2.24, 2.45) is 0 Å². The third kappa shape index (κ3) is 5.94. The highest BCUT2D eigenvalue weighted by Gasteiger charge is 2.11. The third-order valence-electron chi connectivity index (χ3n) is 2.89. The van der Waals surface area contributed by atoms with Crippen molar-refractivity contribution in [3.8, 4) is 0 Å². The number of rotatable bonds is 6. The van der Waals surface area contributed by atoms with Crippen LogP contribution in [0.3, 0.4) is 0 Å². The number of benzene rings is 1. The van der Waals surface area contributed by atoms with Crippen molar-refractivity contribution in [1.29, 1.82) is 0 Å². The Balaban J connectivity index is 2.61. The van der Waals surface area contributed by atoms with Gasteiger partial charge in [-0.05, 0) is 32.0 Å². The first-order chi connectivity index (χ1) is 10.3. The van der Waals surface area contributed by atoms with Gasteiger partial charge >= 0.3 is 0 Å². The van der Waals surface area contributed by atoms with Crippen molar-refractivity contribution >= 4 is 49.7 Å². The highest BCUT2D eigenvalue weighted by molar-refractivity contribution is 8.23. The van der Waals surface area contributed by atoms with Gasteiger partial charge in [-0.25, -0.2) is 8.42 Å². The summed E-state index contributed by atoms with van der Waals surface area (Å²) in [4.78, 5) is 14.1. The number of thioether (sulfide) groups is 1. The van der Waals surface area contributed by atoms with Crippen molar-refractivity contribution in [2.75, 3.05) is 30.4 Å². The van der Waals surface area contributed by atoms with Gasteiger partial charge in [-0.2, -0.15) is 0 Å². The van der Waals surface area contributed by atoms with Crippen molar-refractivity contribution < 1.29 is 13.2 Å². The zero-order valence-corrected chi connectivity index (χ0v) is 15.3. The minimum absolute atomic E-state index is 0.177. The smallest absolute Gasteiger partial charge is 0.234 e. The number of sulfone groups is 1. The largest absolute Gasteiger partial charge is 0.358 e. The summed E-state index contributed by atoms with van der Waals surface area (Å²) >= 11 is 6.55. The van der Waals surface area contributed by atoms with Crippen LogP contribution in [0.2, 0.25) is 0 Å². The molecule has 0 radical (unpaired) electrons. The number of amides is 1. The number of anilines is 1. The summed E-state index contributed by atoms with van der Waals surface area (Å²) in [5.41, 5.74) is 0.460. The molecule has 1 aromatic rings. The molecule has 0 atom stereocenters. The van der Waals surface area contributed by atoms with E-state index in [1.807, 2.05) is 18.7 Å². The number of hydrogen-bond acceptors (Lipinski definition) is 5. The summed E-state index contributed by atoms with van der Waals surface area (Å²) in [7, 11) is -3.29. The normalized spacial score (nSPS) is 11.0. The molecule has 1 N–H and O–H groups in total. The lowest BCUT2D eigenvalue weighted by molar-refractivity contribution is -0.113. The van der Waals surface area contributed by atoms with Crippen LogP contribution in [0.15, 0.2) is 29.2 Å². The van der Waals surface area contributed by atoms with E-state index in [0.29, 0.717) is 10.0 Å². The molecule has 0 aliphatic rings. The molecule has 0 aliphatic heterocycles. The van der Waals surface area contributed by atoms with Gasteiger partial charge in [-0.1, -0.05) is 30.0 Å². The van der Waals surface area contributed by atoms with E-state index >= 15 is 0 Å². The van der Waals surface area contributed by atoms with Gasteiger partial charge in [-0.3, -0.25) is 4.79 Å². The Kier molecular flexibility index (Phi) is 7.31. The van der Waals surface area contributed by atoms with E-state index in [1.165, 1.54) is 23.9 Å². The van der Waals surface area contributed by atoms with Crippen LogP contribution in [-0.4, -0.2) is 48.6 Å². The zero-order chi connectivity index (χ0) is 16.8. The summed E-state index contributed by atoms with van der Waals surface area (Å²) in [6, 6.07) is 6.19. The number of nitrogens with zero attached hydrogens (tertiary/aromatic N) is 1. The highest BCUT2D eigenvalue weighted by atomic mass is 32.2. The number of carbonyl (C=O) groups excluding carboxylic acids is 1. The van der Waals surface area contributed by atoms with E-state index in [0.717, 1.165) is 19.3 Å². The predicted octanol–water partition coefficient (Wildman–Crippen LogP) is 2.39. The lowest BCUT2D eigenvalue weighted by Crippen LogP contribution is -2.28. The molecule has 0 heterocycles. The molecule has 0 spiro atoms. The predicted molar refractivity (Wildman–Crippen MR) is 96.2 cm³/mol. The average molecular weight is 361 g/mol. The first-order valence-electron chi connectivity index (χ1n) is 6.79. The molecule has 1 aromatic carbocycles. The van der Waals surface area contributed by atoms with Crippen molar-refractivity contribution in [1.82, 2.24) is 4.90 Å². The first-order valence-corrected chi connectivity index (χ1v) is 10.1. The van der Waals surface area contributed by atoms with Gasteiger partial charge in [0.05, 0.1) is 10.6 Å². The standard InChI is InChI=1S/C14H20N2O3S3/c1-4-16(5-2)14(20)21-10-13(17)15-11-7-6-8-12(9-11)22(3,18)19/h6-9H,4-5,10H2,1-3H3,(H,15,17). The second kappa shape index (κ2) is 8.50. The van der Waals surface area contributed by atoms with Crippen LogP contribution in [0.25, 0.3) is 0 Å². The molecule has 5 nitrogen and oxygen atoms in total. The minimum atomic E-state index is -3.29. The summed E-state index contributed by atoms with van der Waals surface area (Å²) in [6.45, 7) is 5.63.